The standard InChI is InChI=1S/C21H25FN4O3/c22-16-3-1-2-14(12-16)4-8-23-20(27)19-17-5-9-26(13-18(17)24-25-19)21(28)15-6-10-29-11-7-15/h1-3,12,15H,4-11,13H2,(H,23,27)(H,24,25). The van der Waals surface area contributed by atoms with Crippen molar-refractivity contribution >= 4 is 11.8 Å². The van der Waals surface area contributed by atoms with E-state index in [2.05, 4.69) is 15.5 Å². The number of amides is 2. The lowest BCUT2D eigenvalue weighted by molar-refractivity contribution is -0.139. The van der Waals surface area contributed by atoms with Crippen LogP contribution in [-0.2, 0) is 28.9 Å². The number of benzene rings is 1. The molecule has 4 rings (SSSR count). The number of halogens is 1. The van der Waals surface area contributed by atoms with E-state index in [-0.39, 0.29) is 23.5 Å². The molecule has 154 valence electrons. The SMILES string of the molecule is O=C(NCCc1cccc(F)c1)c1n[nH]c2c1CCN(C(=O)C1CCOCC1)C2. The third-order valence-electron chi connectivity index (χ3n) is 5.62. The number of hydrogen-bond donors (Lipinski definition) is 2. The Kier molecular flexibility index (Phi) is 5.89. The predicted molar refractivity (Wildman–Crippen MR) is 104 cm³/mol. The molecule has 1 fully saturated rings. The molecular formula is C21H25FN4O3. The van der Waals surface area contributed by atoms with Crippen molar-refractivity contribution in [2.24, 2.45) is 5.92 Å². The van der Waals surface area contributed by atoms with E-state index in [1.54, 1.807) is 6.07 Å². The summed E-state index contributed by atoms with van der Waals surface area (Å²) in [6.45, 7) is 2.72. The fraction of sp³-hybridized carbons (Fsp3) is 0.476. The maximum atomic E-state index is 13.2. The molecule has 0 bridgehead atoms. The molecule has 0 spiro atoms. The Bertz CT molecular complexity index is 892. The lowest BCUT2D eigenvalue weighted by Crippen LogP contribution is -2.41. The average molecular weight is 400 g/mol. The number of H-pyrrole nitrogens is 1. The summed E-state index contributed by atoms with van der Waals surface area (Å²) >= 11 is 0. The summed E-state index contributed by atoms with van der Waals surface area (Å²) in [4.78, 5) is 27.1. The molecule has 0 unspecified atom stereocenters. The molecule has 1 aromatic carbocycles. The molecule has 0 saturated carbocycles. The smallest absolute Gasteiger partial charge is 0.272 e. The van der Waals surface area contributed by atoms with Crippen molar-refractivity contribution in [2.75, 3.05) is 26.3 Å². The van der Waals surface area contributed by atoms with Crippen molar-refractivity contribution < 1.29 is 18.7 Å². The summed E-state index contributed by atoms with van der Waals surface area (Å²) in [5.41, 5.74) is 2.92. The van der Waals surface area contributed by atoms with Crippen molar-refractivity contribution in [1.82, 2.24) is 20.4 Å². The molecule has 8 heteroatoms. The molecule has 0 atom stereocenters. The van der Waals surface area contributed by atoms with Crippen molar-refractivity contribution in [3.8, 4) is 0 Å². The number of rotatable bonds is 5. The quantitative estimate of drug-likeness (QED) is 0.802. The molecule has 2 aliphatic rings. The van der Waals surface area contributed by atoms with Crippen LogP contribution in [0.5, 0.6) is 0 Å². The van der Waals surface area contributed by atoms with E-state index in [0.717, 1.165) is 29.7 Å². The van der Waals surface area contributed by atoms with Gasteiger partial charge in [-0.25, -0.2) is 4.39 Å². The van der Waals surface area contributed by atoms with Gasteiger partial charge in [-0.15, -0.1) is 0 Å². The number of carbonyl (C=O) groups excluding carboxylic acids is 2. The molecule has 1 saturated heterocycles. The zero-order valence-electron chi connectivity index (χ0n) is 16.2. The summed E-state index contributed by atoms with van der Waals surface area (Å²) in [7, 11) is 0. The zero-order valence-corrected chi connectivity index (χ0v) is 16.2. The average Bonchev–Trinajstić information content (AvgIpc) is 3.17. The molecular weight excluding hydrogens is 375 g/mol. The lowest BCUT2D eigenvalue weighted by Gasteiger charge is -2.31. The highest BCUT2D eigenvalue weighted by Crippen LogP contribution is 2.24. The summed E-state index contributed by atoms with van der Waals surface area (Å²) in [6, 6.07) is 6.35. The van der Waals surface area contributed by atoms with Crippen LogP contribution in [0, 0.1) is 11.7 Å². The fourth-order valence-corrected chi connectivity index (χ4v) is 3.99. The van der Waals surface area contributed by atoms with E-state index in [0.29, 0.717) is 51.4 Å². The molecule has 2 amide bonds. The number of nitrogens with one attached hydrogen (secondary N) is 2. The molecule has 2 aromatic rings. The van der Waals surface area contributed by atoms with Gasteiger partial charge in [0.05, 0.1) is 12.2 Å². The highest BCUT2D eigenvalue weighted by Gasteiger charge is 2.31. The minimum atomic E-state index is -0.282. The molecule has 2 N–H and O–H groups in total. The van der Waals surface area contributed by atoms with Gasteiger partial charge in [0, 0.05) is 37.8 Å². The van der Waals surface area contributed by atoms with Gasteiger partial charge >= 0.3 is 0 Å². The van der Waals surface area contributed by atoms with Crippen LogP contribution in [0.4, 0.5) is 4.39 Å². The summed E-state index contributed by atoms with van der Waals surface area (Å²) in [6.07, 6.45) is 2.69. The first-order valence-electron chi connectivity index (χ1n) is 10.1. The van der Waals surface area contributed by atoms with Gasteiger partial charge in [0.2, 0.25) is 5.91 Å². The first kappa shape index (κ1) is 19.6. The topological polar surface area (TPSA) is 87.3 Å². The molecule has 2 aliphatic heterocycles. The monoisotopic (exact) mass is 400 g/mol. The normalized spacial score (nSPS) is 17.1. The third-order valence-corrected chi connectivity index (χ3v) is 5.62. The largest absolute Gasteiger partial charge is 0.381 e. The highest BCUT2D eigenvalue weighted by molar-refractivity contribution is 5.94. The molecule has 1 aromatic heterocycles. The van der Waals surface area contributed by atoms with Gasteiger partial charge in [-0.2, -0.15) is 5.10 Å². The van der Waals surface area contributed by atoms with Gasteiger partial charge < -0.3 is 15.0 Å². The Morgan fingerprint density at radius 1 is 1.31 bits per heavy atom. The Labute approximate surface area is 168 Å². The third kappa shape index (κ3) is 4.48. The Morgan fingerprint density at radius 2 is 2.14 bits per heavy atom. The molecule has 7 nitrogen and oxygen atoms in total. The number of hydrogen-bond acceptors (Lipinski definition) is 4. The lowest BCUT2D eigenvalue weighted by atomic mass is 9.96. The minimum absolute atomic E-state index is 0.0267. The van der Waals surface area contributed by atoms with Crippen LogP contribution < -0.4 is 5.32 Å². The van der Waals surface area contributed by atoms with Crippen molar-refractivity contribution in [2.45, 2.75) is 32.2 Å². The van der Waals surface area contributed by atoms with Crippen LogP contribution >= 0.6 is 0 Å². The Morgan fingerprint density at radius 3 is 2.93 bits per heavy atom. The number of fused-ring (bicyclic) bond motifs is 1. The van der Waals surface area contributed by atoms with E-state index in [9.17, 15) is 14.0 Å². The second kappa shape index (κ2) is 8.73. The van der Waals surface area contributed by atoms with Crippen LogP contribution in [0.15, 0.2) is 24.3 Å². The van der Waals surface area contributed by atoms with Gasteiger partial charge in [0.15, 0.2) is 5.69 Å². The number of aromatic nitrogens is 2. The van der Waals surface area contributed by atoms with Gasteiger partial charge in [0.25, 0.3) is 5.91 Å². The summed E-state index contributed by atoms with van der Waals surface area (Å²) < 4.78 is 18.6. The maximum Gasteiger partial charge on any atom is 0.272 e. The van der Waals surface area contributed by atoms with Crippen LogP contribution in [0.25, 0.3) is 0 Å². The summed E-state index contributed by atoms with van der Waals surface area (Å²) in [5.74, 6) is -0.341. The second-order valence-electron chi connectivity index (χ2n) is 7.56. The van der Waals surface area contributed by atoms with Crippen molar-refractivity contribution in [3.05, 3.63) is 52.6 Å². The Balaban J connectivity index is 1.33. The first-order chi connectivity index (χ1) is 14.1. The summed E-state index contributed by atoms with van der Waals surface area (Å²) in [5, 5.41) is 9.97. The van der Waals surface area contributed by atoms with Gasteiger partial charge in [0.1, 0.15) is 5.82 Å². The minimum Gasteiger partial charge on any atom is -0.381 e. The molecule has 3 heterocycles. The van der Waals surface area contributed by atoms with E-state index >= 15 is 0 Å². The van der Waals surface area contributed by atoms with E-state index in [4.69, 9.17) is 4.74 Å². The van der Waals surface area contributed by atoms with Gasteiger partial charge in [-0.05, 0) is 43.4 Å². The number of nitrogens with zero attached hydrogens (tertiary/aromatic N) is 2. The molecule has 0 radical (unpaired) electrons. The van der Waals surface area contributed by atoms with E-state index < -0.39 is 0 Å². The first-order valence-corrected chi connectivity index (χ1v) is 10.1. The van der Waals surface area contributed by atoms with Crippen LogP contribution in [0.1, 0.15) is 40.2 Å². The van der Waals surface area contributed by atoms with Gasteiger partial charge in [-0.1, -0.05) is 12.1 Å². The van der Waals surface area contributed by atoms with Crippen molar-refractivity contribution in [1.29, 1.82) is 0 Å². The van der Waals surface area contributed by atoms with Gasteiger partial charge in [-0.3, -0.25) is 14.7 Å². The van der Waals surface area contributed by atoms with E-state index in [1.807, 2.05) is 11.0 Å². The van der Waals surface area contributed by atoms with E-state index in [1.165, 1.54) is 12.1 Å². The predicted octanol–water partition coefficient (Wildman–Crippen LogP) is 1.83. The highest BCUT2D eigenvalue weighted by atomic mass is 19.1. The van der Waals surface area contributed by atoms with Crippen LogP contribution in [-0.4, -0.2) is 53.2 Å². The fourth-order valence-electron chi connectivity index (χ4n) is 3.99. The molecule has 0 aliphatic carbocycles. The molecule has 29 heavy (non-hydrogen) atoms. The van der Waals surface area contributed by atoms with Crippen LogP contribution in [0.3, 0.4) is 0 Å². The maximum absolute atomic E-state index is 13.2. The number of aromatic amines is 1. The van der Waals surface area contributed by atoms with Crippen molar-refractivity contribution in [3.63, 3.8) is 0 Å². The number of carbonyl (C=O) groups is 2. The van der Waals surface area contributed by atoms with Crippen LogP contribution in [0.2, 0.25) is 0 Å². The second-order valence-corrected chi connectivity index (χ2v) is 7.56. The zero-order chi connectivity index (χ0) is 20.2. The number of ether oxygens (including phenoxy) is 1. The Hall–Kier alpha value is -2.74.